The number of nitrogens with one attached hydrogen (secondary N) is 5. The van der Waals surface area contributed by atoms with Gasteiger partial charge in [0.15, 0.2) is 0 Å². The second-order valence-electron chi connectivity index (χ2n) is 16.0. The summed E-state index contributed by atoms with van der Waals surface area (Å²) in [5.41, 5.74) is 0. The van der Waals surface area contributed by atoms with Crippen LogP contribution in [0.2, 0.25) is 0 Å². The molecule has 0 saturated heterocycles. The molecule has 0 aromatic rings. The lowest BCUT2D eigenvalue weighted by atomic mass is 10.0. The Morgan fingerprint density at radius 3 is 0.817 bits per heavy atom. The highest BCUT2D eigenvalue weighted by Gasteiger charge is 2.39. The lowest BCUT2D eigenvalue weighted by Gasteiger charge is -2.37. The Kier molecular flexibility index (Phi) is 51.6. The highest BCUT2D eigenvalue weighted by atomic mass is 32.1. The monoisotopic (exact) mass is 1280 g/mol. The van der Waals surface area contributed by atoms with Crippen molar-refractivity contribution in [1.82, 2.24) is 24.4 Å². The van der Waals surface area contributed by atoms with E-state index in [0.717, 1.165) is 0 Å². The van der Waals surface area contributed by atoms with Crippen molar-refractivity contribution in [3.63, 3.8) is 0 Å². The zero-order valence-electron chi connectivity index (χ0n) is 44.7. The summed E-state index contributed by atoms with van der Waals surface area (Å²) < 4.78 is 63.6. The van der Waals surface area contributed by atoms with Crippen molar-refractivity contribution in [2.24, 2.45) is 5.18 Å². The number of hydrogen-bond acceptors (Lipinski definition) is 38. The van der Waals surface area contributed by atoms with E-state index in [-0.39, 0.29) is 189 Å². The number of nitroso groups, excluding NO2 is 1. The predicted octanol–water partition coefficient (Wildman–Crippen LogP) is 0.747. The van der Waals surface area contributed by atoms with Crippen molar-refractivity contribution >= 4 is 124 Å². The summed E-state index contributed by atoms with van der Waals surface area (Å²) in [5, 5.41) is 2.89. The molecule has 0 radical (unpaired) electrons. The van der Waals surface area contributed by atoms with E-state index < -0.39 is 90.7 Å². The van der Waals surface area contributed by atoms with Crippen molar-refractivity contribution in [2.75, 3.05) is 92.4 Å². The van der Waals surface area contributed by atoms with Crippen molar-refractivity contribution in [3.8, 4) is 0 Å². The zero-order valence-corrected chi connectivity index (χ0v) is 49.2. The predicted molar refractivity (Wildman–Crippen MR) is 291 cm³/mol. The van der Waals surface area contributed by atoms with E-state index >= 15 is 0 Å². The largest absolute Gasteiger partial charge is 0.463 e. The van der Waals surface area contributed by atoms with Crippen LogP contribution in [0, 0.1) is 4.91 Å². The van der Waals surface area contributed by atoms with Gasteiger partial charge in [-0.1, -0.05) is 93.7 Å². The van der Waals surface area contributed by atoms with Crippen LogP contribution in [0.5, 0.6) is 0 Å². The van der Waals surface area contributed by atoms with Crippen LogP contribution < -0.4 is 24.4 Å². The summed E-state index contributed by atoms with van der Waals surface area (Å²) in [4.78, 5) is 165. The van der Waals surface area contributed by atoms with Gasteiger partial charge in [-0.05, 0) is 38.5 Å². The van der Waals surface area contributed by atoms with E-state index in [0.29, 0.717) is 0 Å². The molecule has 38 heteroatoms. The van der Waals surface area contributed by atoms with Gasteiger partial charge < -0.3 is 76.3 Å². The van der Waals surface area contributed by atoms with Crippen LogP contribution in [0.4, 0.5) is 0 Å². The van der Waals surface area contributed by atoms with E-state index in [9.17, 15) is 52.9 Å². The number of esters is 5. The molecule has 0 bridgehead atoms. The summed E-state index contributed by atoms with van der Waals surface area (Å²) in [5.74, 6) is -6.80. The van der Waals surface area contributed by atoms with Crippen LogP contribution >= 0.6 is 64.1 Å². The minimum absolute atomic E-state index is 0.0551. The molecule has 0 aromatic carbocycles. The second kappa shape index (κ2) is 54.5. The van der Waals surface area contributed by atoms with E-state index in [4.69, 9.17) is 52.1 Å². The molecule has 33 nitrogen and oxygen atoms in total. The number of carbonyl (C=O) groups excluding carboxylic acids is 10. The Morgan fingerprint density at radius 2 is 0.549 bits per heavy atom. The molecular formula is C44H74N6O27S5. The van der Waals surface area contributed by atoms with Gasteiger partial charge in [-0.3, -0.25) is 47.9 Å². The first-order valence-corrected chi connectivity index (χ1v) is 27.5. The molecule has 0 saturated carbocycles. The minimum atomic E-state index is -1.37. The average molecular weight is 1280 g/mol. The molecule has 0 rings (SSSR count). The molecule has 0 amide bonds. The summed E-state index contributed by atoms with van der Waals surface area (Å²) >= 11 is 17.9. The quantitative estimate of drug-likeness (QED) is 0.0100. The Labute approximate surface area is 500 Å². The molecule has 472 valence electrons. The lowest BCUT2D eigenvalue weighted by molar-refractivity contribution is -0.204. The molecule has 0 aromatic heterocycles. The van der Waals surface area contributed by atoms with E-state index in [1.807, 2.05) is 24.4 Å². The first kappa shape index (κ1) is 77.6. The zero-order chi connectivity index (χ0) is 60.9. The normalized spacial score (nSPS) is 12.4. The Balaban J connectivity index is 6.98. The number of nitrogens with zero attached hydrogens (tertiary/aromatic N) is 1. The SMILES string of the molecule is O=NCCCOC(C(COCCOC(=O)CCCC(=O)ONS)OCCOC(=O)CCCC(=O)ONS)C(OCCOC(=O)CCCC(=O)ONS)C(COCCOC(=O)CCCC(=O)ONS)OCCOC(=O)CCCC(=O)ONS. The van der Waals surface area contributed by atoms with Gasteiger partial charge in [0.2, 0.25) is 0 Å². The summed E-state index contributed by atoms with van der Waals surface area (Å²) in [7, 11) is 0. The van der Waals surface area contributed by atoms with Crippen LogP contribution in [-0.2, 0) is 124 Å². The maximum atomic E-state index is 12.7. The maximum absolute atomic E-state index is 12.7. The summed E-state index contributed by atoms with van der Waals surface area (Å²) in [6.45, 7) is -4.35. The molecule has 0 spiro atoms. The fourth-order valence-corrected chi connectivity index (χ4v) is 6.79. The van der Waals surface area contributed by atoms with Crippen molar-refractivity contribution < 1.29 is 124 Å². The lowest BCUT2D eigenvalue weighted by Crippen LogP contribution is -2.53. The van der Waals surface area contributed by atoms with Crippen LogP contribution in [0.25, 0.3) is 0 Å². The highest BCUT2D eigenvalue weighted by Crippen LogP contribution is 2.21. The number of thiol groups is 5. The van der Waals surface area contributed by atoms with Crippen molar-refractivity contribution in [2.45, 2.75) is 127 Å². The molecule has 0 aliphatic heterocycles. The van der Waals surface area contributed by atoms with Gasteiger partial charge in [-0.25, -0.2) is 0 Å². The molecule has 0 aliphatic rings. The van der Waals surface area contributed by atoms with Gasteiger partial charge in [-0.15, -0.1) is 0 Å². The first-order chi connectivity index (χ1) is 39.6. The van der Waals surface area contributed by atoms with Crippen LogP contribution in [0.15, 0.2) is 5.18 Å². The van der Waals surface area contributed by atoms with Crippen LogP contribution in [0.1, 0.15) is 103 Å². The first-order valence-electron chi connectivity index (χ1n) is 25.3. The number of rotatable bonds is 55. The van der Waals surface area contributed by atoms with Gasteiger partial charge in [-0.2, -0.15) is 4.91 Å². The standard InChI is InChI=1S/C44H74N6O27S5/c51-33(7-1-12-38(56)73-46-78)66-21-19-62-29-31(64-23-25-68-35(53)9-3-14-40(58)75-48-80)43(71-18-6-17-45-61)44(72-28-27-70-37(55)11-5-16-42(60)77-50-82)32(65-24-26-69-36(54)10-4-15-41(59)76-49-81)30-63-20-22-67-34(52)8-2-13-39(57)74-47-79/h31-32,43-44,46-50,78-82H,1-30H2. The fraction of sp³-hybridized carbons (Fsp3) is 0.773. The van der Waals surface area contributed by atoms with E-state index in [1.165, 1.54) is 0 Å². The molecule has 4 atom stereocenters. The molecule has 5 N–H and O–H groups in total. The molecule has 0 fully saturated rings. The number of carbonyl (C=O) groups is 10. The third-order valence-corrected chi connectivity index (χ3v) is 10.4. The third-order valence-electron chi connectivity index (χ3n) is 9.93. The minimum Gasteiger partial charge on any atom is -0.463 e. The van der Waals surface area contributed by atoms with Crippen LogP contribution in [0.3, 0.4) is 0 Å². The average Bonchev–Trinajstić information content (AvgIpc) is 3.45. The Hall–Kier alpha value is -4.39. The Bertz CT molecular complexity index is 1840. The number of hydrogen-bond donors (Lipinski definition) is 10. The van der Waals surface area contributed by atoms with Crippen molar-refractivity contribution in [1.29, 1.82) is 0 Å². The van der Waals surface area contributed by atoms with Crippen LogP contribution in [-0.4, -0.2) is 177 Å². The number of ether oxygens (including phenoxy) is 11. The molecule has 0 heterocycles. The van der Waals surface area contributed by atoms with Gasteiger partial charge >= 0.3 is 59.7 Å². The maximum Gasteiger partial charge on any atom is 0.325 e. The summed E-state index contributed by atoms with van der Waals surface area (Å²) in [6.07, 6.45) is -6.27. The highest BCUT2D eigenvalue weighted by molar-refractivity contribution is 7.78. The van der Waals surface area contributed by atoms with Gasteiger partial charge in [0.1, 0.15) is 57.5 Å². The molecule has 0 aliphatic carbocycles. The fourth-order valence-electron chi connectivity index (χ4n) is 6.28. The van der Waals surface area contributed by atoms with Gasteiger partial charge in [0.05, 0.1) is 52.8 Å². The van der Waals surface area contributed by atoms with Crippen molar-refractivity contribution in [3.05, 3.63) is 4.91 Å². The van der Waals surface area contributed by atoms with E-state index in [1.54, 1.807) is 0 Å². The van der Waals surface area contributed by atoms with E-state index in [2.05, 4.69) is 93.4 Å². The third kappa shape index (κ3) is 46.0. The topological polar surface area (TPSA) is 408 Å². The summed E-state index contributed by atoms with van der Waals surface area (Å²) in [6, 6.07) is 0. The van der Waals surface area contributed by atoms with Gasteiger partial charge in [0, 0.05) is 70.8 Å². The van der Waals surface area contributed by atoms with Gasteiger partial charge in [0.25, 0.3) is 0 Å². The molecule has 82 heavy (non-hydrogen) atoms. The smallest absolute Gasteiger partial charge is 0.325 e. The molecule has 4 unspecified atom stereocenters. The second-order valence-corrected chi connectivity index (χ2v) is 17.0. The Morgan fingerprint density at radius 1 is 0.305 bits per heavy atom. The molecular weight excluding hydrogens is 1200 g/mol.